The molecule has 0 unspecified atom stereocenters. The molecular weight excluding hydrogens is 366 g/mol. The van der Waals surface area contributed by atoms with Crippen LogP contribution in [0.5, 0.6) is 5.88 Å². The summed E-state index contributed by atoms with van der Waals surface area (Å²) >= 11 is 5.96. The summed E-state index contributed by atoms with van der Waals surface area (Å²) in [5, 5.41) is 7.14. The highest BCUT2D eigenvalue weighted by atomic mass is 35.5. The Morgan fingerprint density at radius 3 is 2.89 bits per heavy atom. The average Bonchev–Trinajstić information content (AvgIpc) is 3.08. The van der Waals surface area contributed by atoms with Gasteiger partial charge in [-0.1, -0.05) is 11.6 Å². The molecule has 3 aromatic heterocycles. The molecule has 0 atom stereocenters. The van der Waals surface area contributed by atoms with Crippen molar-refractivity contribution >= 4 is 39.9 Å². The Labute approximate surface area is 160 Å². The number of nitrogens with one attached hydrogen (secondary N) is 2. The summed E-state index contributed by atoms with van der Waals surface area (Å²) in [7, 11) is 1.58. The van der Waals surface area contributed by atoms with Gasteiger partial charge in [0.05, 0.1) is 29.9 Å². The number of hydrogen-bond acceptors (Lipinski definition) is 4. The van der Waals surface area contributed by atoms with Gasteiger partial charge in [0.1, 0.15) is 5.65 Å². The number of anilines is 1. The molecule has 136 valence electrons. The summed E-state index contributed by atoms with van der Waals surface area (Å²) < 4.78 is 6.93. The minimum absolute atomic E-state index is 0.303. The van der Waals surface area contributed by atoms with Crippen LogP contribution in [0.2, 0.25) is 5.02 Å². The number of hydrogen-bond donors (Lipinski definition) is 2. The standard InChI is InChI=1S/C19H16ClN5O2/c1-27-18-7-2-12-8-14(4-5-16(12)24-18)23-19(26)21-9-15-11-25-10-13(20)3-6-17(25)22-15/h2-8,10-11H,9H2,1H3,(H2,21,23,26). The van der Waals surface area contributed by atoms with E-state index in [2.05, 4.69) is 20.6 Å². The zero-order valence-electron chi connectivity index (χ0n) is 14.4. The van der Waals surface area contributed by atoms with Crippen LogP contribution in [0, 0.1) is 0 Å². The number of urea groups is 1. The van der Waals surface area contributed by atoms with E-state index in [4.69, 9.17) is 16.3 Å². The maximum absolute atomic E-state index is 12.2. The van der Waals surface area contributed by atoms with Crippen LogP contribution in [0.25, 0.3) is 16.6 Å². The smallest absolute Gasteiger partial charge is 0.319 e. The average molecular weight is 382 g/mol. The largest absolute Gasteiger partial charge is 0.481 e. The number of fused-ring (bicyclic) bond motifs is 2. The third kappa shape index (κ3) is 3.78. The van der Waals surface area contributed by atoms with Crippen LogP contribution in [0.3, 0.4) is 0 Å². The molecule has 0 fully saturated rings. The number of rotatable bonds is 4. The van der Waals surface area contributed by atoms with Crippen LogP contribution in [0.4, 0.5) is 10.5 Å². The molecule has 0 aliphatic carbocycles. The molecule has 0 saturated heterocycles. The molecule has 0 aliphatic rings. The lowest BCUT2D eigenvalue weighted by Crippen LogP contribution is -2.28. The number of ether oxygens (including phenoxy) is 1. The second-order valence-electron chi connectivity index (χ2n) is 5.91. The first kappa shape index (κ1) is 17.1. The van der Waals surface area contributed by atoms with E-state index in [1.165, 1.54) is 0 Å². The summed E-state index contributed by atoms with van der Waals surface area (Å²) in [6.45, 7) is 0.303. The second kappa shape index (κ2) is 7.13. The molecule has 3 heterocycles. The Hall–Kier alpha value is -3.32. The van der Waals surface area contributed by atoms with Crippen molar-refractivity contribution in [2.45, 2.75) is 6.54 Å². The molecule has 0 saturated carbocycles. The predicted molar refractivity (Wildman–Crippen MR) is 104 cm³/mol. The number of imidazole rings is 1. The van der Waals surface area contributed by atoms with Crippen LogP contribution in [0.15, 0.2) is 54.9 Å². The number of carbonyl (C=O) groups is 1. The van der Waals surface area contributed by atoms with E-state index in [9.17, 15) is 4.79 Å². The van der Waals surface area contributed by atoms with Crippen LogP contribution in [-0.4, -0.2) is 27.5 Å². The minimum atomic E-state index is -0.314. The van der Waals surface area contributed by atoms with Gasteiger partial charge < -0.3 is 19.8 Å². The molecule has 8 heteroatoms. The lowest BCUT2D eigenvalue weighted by molar-refractivity contribution is 0.251. The van der Waals surface area contributed by atoms with Crippen molar-refractivity contribution in [2.75, 3.05) is 12.4 Å². The highest BCUT2D eigenvalue weighted by molar-refractivity contribution is 6.30. The Balaban J connectivity index is 1.41. The SMILES string of the molecule is COc1ccc2cc(NC(=O)NCc3cn4cc(Cl)ccc4n3)ccc2n1. The van der Waals surface area contributed by atoms with E-state index >= 15 is 0 Å². The van der Waals surface area contributed by atoms with Crippen molar-refractivity contribution in [3.63, 3.8) is 0 Å². The van der Waals surface area contributed by atoms with Crippen molar-refractivity contribution in [2.24, 2.45) is 0 Å². The summed E-state index contributed by atoms with van der Waals surface area (Å²) in [6, 6.07) is 12.4. The molecule has 1 aromatic carbocycles. The third-order valence-corrected chi connectivity index (χ3v) is 4.25. The first-order valence-electron chi connectivity index (χ1n) is 8.23. The Morgan fingerprint density at radius 2 is 2.04 bits per heavy atom. The fourth-order valence-corrected chi connectivity index (χ4v) is 2.91. The number of pyridine rings is 2. The van der Waals surface area contributed by atoms with E-state index < -0.39 is 0 Å². The number of carbonyl (C=O) groups excluding carboxylic acids is 1. The Morgan fingerprint density at radius 1 is 1.15 bits per heavy atom. The molecule has 0 bridgehead atoms. The number of nitrogens with zero attached hydrogens (tertiary/aromatic N) is 3. The maximum atomic E-state index is 12.2. The first-order chi connectivity index (χ1) is 13.1. The number of amides is 2. The van der Waals surface area contributed by atoms with E-state index in [0.717, 1.165) is 22.2 Å². The Bertz CT molecular complexity index is 1140. The topological polar surface area (TPSA) is 80.5 Å². The van der Waals surface area contributed by atoms with Gasteiger partial charge in [-0.25, -0.2) is 14.8 Å². The van der Waals surface area contributed by atoms with E-state index in [-0.39, 0.29) is 6.03 Å². The molecular formula is C19H16ClN5O2. The van der Waals surface area contributed by atoms with Gasteiger partial charge in [0.2, 0.25) is 5.88 Å². The molecule has 0 spiro atoms. The zero-order valence-corrected chi connectivity index (χ0v) is 15.2. The van der Waals surface area contributed by atoms with Crippen LogP contribution >= 0.6 is 11.6 Å². The van der Waals surface area contributed by atoms with Gasteiger partial charge in [0, 0.05) is 29.5 Å². The van der Waals surface area contributed by atoms with Crippen LogP contribution in [-0.2, 0) is 6.54 Å². The number of halogens is 1. The highest BCUT2D eigenvalue weighted by Crippen LogP contribution is 2.20. The quantitative estimate of drug-likeness (QED) is 0.562. The number of aromatic nitrogens is 3. The molecule has 0 aliphatic heterocycles. The predicted octanol–water partition coefficient (Wildman–Crippen LogP) is 3.87. The van der Waals surface area contributed by atoms with Crippen molar-refractivity contribution in [3.05, 3.63) is 65.6 Å². The van der Waals surface area contributed by atoms with E-state index in [1.807, 2.05) is 34.9 Å². The third-order valence-electron chi connectivity index (χ3n) is 4.03. The monoisotopic (exact) mass is 381 g/mol. The van der Waals surface area contributed by atoms with Gasteiger partial charge in [-0.3, -0.25) is 0 Å². The molecule has 2 N–H and O–H groups in total. The van der Waals surface area contributed by atoms with Gasteiger partial charge in [0.25, 0.3) is 0 Å². The van der Waals surface area contributed by atoms with Gasteiger partial charge in [-0.2, -0.15) is 0 Å². The molecule has 4 aromatic rings. The van der Waals surface area contributed by atoms with Crippen molar-refractivity contribution in [1.82, 2.24) is 19.7 Å². The molecule has 4 rings (SSSR count). The summed E-state index contributed by atoms with van der Waals surface area (Å²) in [5.41, 5.74) is 2.98. The van der Waals surface area contributed by atoms with E-state index in [1.54, 1.807) is 31.5 Å². The second-order valence-corrected chi connectivity index (χ2v) is 6.35. The van der Waals surface area contributed by atoms with Crippen LogP contribution < -0.4 is 15.4 Å². The fraction of sp³-hybridized carbons (Fsp3) is 0.105. The lowest BCUT2D eigenvalue weighted by Gasteiger charge is -2.08. The normalized spacial score (nSPS) is 10.9. The number of methoxy groups -OCH3 is 1. The molecule has 0 radical (unpaired) electrons. The molecule has 2 amide bonds. The fourth-order valence-electron chi connectivity index (χ4n) is 2.75. The van der Waals surface area contributed by atoms with Gasteiger partial charge in [-0.15, -0.1) is 0 Å². The van der Waals surface area contributed by atoms with Gasteiger partial charge >= 0.3 is 6.03 Å². The lowest BCUT2D eigenvalue weighted by atomic mass is 10.2. The Kier molecular flexibility index (Phi) is 4.52. The zero-order chi connectivity index (χ0) is 18.8. The van der Waals surface area contributed by atoms with E-state index in [0.29, 0.717) is 23.1 Å². The van der Waals surface area contributed by atoms with Gasteiger partial charge in [0.15, 0.2) is 0 Å². The molecule has 7 nitrogen and oxygen atoms in total. The minimum Gasteiger partial charge on any atom is -0.481 e. The summed E-state index contributed by atoms with van der Waals surface area (Å²) in [5.74, 6) is 0.551. The van der Waals surface area contributed by atoms with Crippen molar-refractivity contribution < 1.29 is 9.53 Å². The molecule has 27 heavy (non-hydrogen) atoms. The van der Waals surface area contributed by atoms with Crippen molar-refractivity contribution in [3.8, 4) is 5.88 Å². The summed E-state index contributed by atoms with van der Waals surface area (Å²) in [4.78, 5) is 21.0. The van der Waals surface area contributed by atoms with Crippen LogP contribution in [0.1, 0.15) is 5.69 Å². The first-order valence-corrected chi connectivity index (χ1v) is 8.61. The van der Waals surface area contributed by atoms with Crippen molar-refractivity contribution in [1.29, 1.82) is 0 Å². The summed E-state index contributed by atoms with van der Waals surface area (Å²) in [6.07, 6.45) is 3.60. The number of benzene rings is 1. The maximum Gasteiger partial charge on any atom is 0.319 e. The van der Waals surface area contributed by atoms with Gasteiger partial charge in [-0.05, 0) is 36.4 Å². The highest BCUT2D eigenvalue weighted by Gasteiger charge is 2.07.